The molecule has 2 aromatic carbocycles. The molecule has 3 heteroatoms. The Bertz CT molecular complexity index is 787. The largest absolute Gasteiger partial charge is 0.466 e. The van der Waals surface area contributed by atoms with Crippen LogP contribution in [0.25, 0.3) is 0 Å². The average molecular weight is 361 g/mol. The van der Waals surface area contributed by atoms with Gasteiger partial charge in [0.15, 0.2) is 0 Å². The highest BCUT2D eigenvalue weighted by Gasteiger charge is 2.47. The summed E-state index contributed by atoms with van der Waals surface area (Å²) in [5.41, 5.74) is 2.65. The fraction of sp³-hybridized carbons (Fsp3) is 0.375. The first kappa shape index (κ1) is 18.0. The Labute approximate surface area is 161 Å². The summed E-state index contributed by atoms with van der Waals surface area (Å²) in [7, 11) is 0. The number of nitrogens with zero attached hydrogens (tertiary/aromatic N) is 1. The minimum absolute atomic E-state index is 0.0481. The van der Waals surface area contributed by atoms with Crippen LogP contribution in [0.5, 0.6) is 0 Å². The molecule has 1 saturated heterocycles. The lowest BCUT2D eigenvalue weighted by Gasteiger charge is -2.51. The Kier molecular flexibility index (Phi) is 5.40. The Hall–Kier alpha value is -2.39. The molecule has 3 aliphatic rings. The standard InChI is InChI=1S/C24H27NO2/c1-2-27-24(26)21-16-20-13-14-22(21)25(17-19-11-7-4-8-12-19)23(20)15-18-9-5-3-6-10-18/h3-14,20-23H,2,15-17H2,1H3. The van der Waals surface area contributed by atoms with Crippen molar-refractivity contribution < 1.29 is 9.53 Å². The number of ether oxygens (including phenoxy) is 1. The number of hydrogen-bond donors (Lipinski definition) is 0. The molecule has 3 nitrogen and oxygen atoms in total. The van der Waals surface area contributed by atoms with E-state index in [2.05, 4.69) is 77.7 Å². The summed E-state index contributed by atoms with van der Waals surface area (Å²) in [6, 6.07) is 21.8. The third-order valence-corrected chi connectivity index (χ3v) is 5.88. The number of hydrogen-bond acceptors (Lipinski definition) is 3. The van der Waals surface area contributed by atoms with Gasteiger partial charge in [-0.05, 0) is 36.8 Å². The summed E-state index contributed by atoms with van der Waals surface area (Å²) >= 11 is 0. The van der Waals surface area contributed by atoms with Crippen LogP contribution in [0.15, 0.2) is 72.8 Å². The molecule has 0 spiro atoms. The van der Waals surface area contributed by atoms with Gasteiger partial charge in [-0.1, -0.05) is 72.8 Å². The van der Waals surface area contributed by atoms with Gasteiger partial charge < -0.3 is 4.74 Å². The second kappa shape index (κ2) is 8.10. The normalized spacial score (nSPS) is 26.9. The van der Waals surface area contributed by atoms with Crippen LogP contribution < -0.4 is 0 Å². The highest BCUT2D eigenvalue weighted by atomic mass is 16.5. The highest BCUT2D eigenvalue weighted by molar-refractivity contribution is 5.74. The number of piperidine rings is 1. The zero-order valence-electron chi connectivity index (χ0n) is 15.8. The summed E-state index contributed by atoms with van der Waals surface area (Å²) in [5, 5.41) is 0. The van der Waals surface area contributed by atoms with Crippen LogP contribution in [0.4, 0.5) is 0 Å². The van der Waals surface area contributed by atoms with Crippen LogP contribution >= 0.6 is 0 Å². The average Bonchev–Trinajstić information content (AvgIpc) is 2.72. The van der Waals surface area contributed by atoms with Gasteiger partial charge >= 0.3 is 5.97 Å². The molecule has 0 saturated carbocycles. The molecule has 5 rings (SSSR count). The monoisotopic (exact) mass is 361 g/mol. The number of rotatable bonds is 6. The number of carbonyl (C=O) groups is 1. The molecule has 2 bridgehead atoms. The van der Waals surface area contributed by atoms with Crippen molar-refractivity contribution in [3.05, 3.63) is 83.9 Å². The smallest absolute Gasteiger partial charge is 0.310 e. The summed E-state index contributed by atoms with van der Waals surface area (Å²) in [5.74, 6) is 0.275. The van der Waals surface area contributed by atoms with Crippen LogP contribution in [0.3, 0.4) is 0 Å². The predicted molar refractivity (Wildman–Crippen MR) is 107 cm³/mol. The molecular weight excluding hydrogens is 334 g/mol. The summed E-state index contributed by atoms with van der Waals surface area (Å²) in [6.45, 7) is 3.19. The quantitative estimate of drug-likeness (QED) is 0.569. The van der Waals surface area contributed by atoms with Gasteiger partial charge in [-0.3, -0.25) is 9.69 Å². The molecule has 1 fully saturated rings. The summed E-state index contributed by atoms with van der Waals surface area (Å²) in [4.78, 5) is 15.1. The zero-order chi connectivity index (χ0) is 18.6. The molecule has 0 N–H and O–H groups in total. The molecule has 1 aliphatic carbocycles. The summed E-state index contributed by atoms with van der Waals surface area (Å²) in [6.07, 6.45) is 6.47. The van der Waals surface area contributed by atoms with E-state index in [1.165, 1.54) is 11.1 Å². The van der Waals surface area contributed by atoms with Gasteiger partial charge in [-0.2, -0.15) is 0 Å². The highest BCUT2D eigenvalue weighted by Crippen LogP contribution is 2.41. The van der Waals surface area contributed by atoms with Crippen molar-refractivity contribution in [2.24, 2.45) is 11.8 Å². The minimum Gasteiger partial charge on any atom is -0.466 e. The maximum absolute atomic E-state index is 12.6. The number of esters is 1. The van der Waals surface area contributed by atoms with Gasteiger partial charge in [0, 0.05) is 18.6 Å². The first-order valence-corrected chi connectivity index (χ1v) is 9.95. The fourth-order valence-corrected chi connectivity index (χ4v) is 4.62. The summed E-state index contributed by atoms with van der Waals surface area (Å²) < 4.78 is 5.39. The van der Waals surface area contributed by atoms with E-state index in [-0.39, 0.29) is 17.9 Å². The van der Waals surface area contributed by atoms with E-state index in [9.17, 15) is 4.79 Å². The van der Waals surface area contributed by atoms with Crippen LogP contribution in [0.1, 0.15) is 24.5 Å². The van der Waals surface area contributed by atoms with Gasteiger partial charge in [-0.15, -0.1) is 0 Å². The lowest BCUT2D eigenvalue weighted by atomic mass is 9.71. The van der Waals surface area contributed by atoms with E-state index >= 15 is 0 Å². The second-order valence-corrected chi connectivity index (χ2v) is 7.55. The van der Waals surface area contributed by atoms with Gasteiger partial charge in [0.2, 0.25) is 0 Å². The maximum atomic E-state index is 12.6. The van der Waals surface area contributed by atoms with Crippen molar-refractivity contribution in [3.8, 4) is 0 Å². The zero-order valence-corrected chi connectivity index (χ0v) is 15.8. The Morgan fingerprint density at radius 1 is 1.00 bits per heavy atom. The molecule has 2 aliphatic heterocycles. The van der Waals surface area contributed by atoms with Crippen molar-refractivity contribution >= 4 is 5.97 Å². The second-order valence-electron chi connectivity index (χ2n) is 7.55. The van der Waals surface area contributed by atoms with Gasteiger partial charge in [0.25, 0.3) is 0 Å². The predicted octanol–water partition coefficient (Wildman–Crippen LogP) is 4.24. The molecule has 2 aromatic rings. The van der Waals surface area contributed by atoms with Gasteiger partial charge in [0.1, 0.15) is 0 Å². The lowest BCUT2D eigenvalue weighted by Crippen LogP contribution is -2.58. The minimum atomic E-state index is -0.0596. The molecule has 27 heavy (non-hydrogen) atoms. The van der Waals surface area contributed by atoms with Crippen LogP contribution in [0, 0.1) is 11.8 Å². The van der Waals surface area contributed by atoms with Crippen LogP contribution in [-0.2, 0) is 22.5 Å². The van der Waals surface area contributed by atoms with Crippen molar-refractivity contribution in [2.75, 3.05) is 6.61 Å². The fourth-order valence-electron chi connectivity index (χ4n) is 4.62. The van der Waals surface area contributed by atoms with E-state index in [1.807, 2.05) is 6.92 Å². The van der Waals surface area contributed by atoms with E-state index < -0.39 is 0 Å². The van der Waals surface area contributed by atoms with Gasteiger partial charge in [-0.25, -0.2) is 0 Å². The molecule has 4 atom stereocenters. The third-order valence-electron chi connectivity index (χ3n) is 5.88. The topological polar surface area (TPSA) is 29.5 Å². The van der Waals surface area contributed by atoms with Crippen LogP contribution in [0.2, 0.25) is 0 Å². The van der Waals surface area contributed by atoms with E-state index in [0.29, 0.717) is 18.6 Å². The molecule has 140 valence electrons. The first-order chi connectivity index (χ1) is 13.3. The third kappa shape index (κ3) is 3.84. The van der Waals surface area contributed by atoms with E-state index in [0.717, 1.165) is 19.4 Å². The Morgan fingerprint density at radius 2 is 1.67 bits per heavy atom. The lowest BCUT2D eigenvalue weighted by molar-refractivity contribution is -0.154. The first-order valence-electron chi connectivity index (χ1n) is 9.95. The van der Waals surface area contributed by atoms with Gasteiger partial charge in [0.05, 0.1) is 12.5 Å². The molecule has 0 amide bonds. The Morgan fingerprint density at radius 3 is 2.33 bits per heavy atom. The molecular formula is C24H27NO2. The van der Waals surface area contributed by atoms with E-state index in [1.54, 1.807) is 0 Å². The molecule has 0 aromatic heterocycles. The number of fused-ring (bicyclic) bond motifs is 2. The maximum Gasteiger partial charge on any atom is 0.310 e. The van der Waals surface area contributed by atoms with Crippen LogP contribution in [-0.4, -0.2) is 29.6 Å². The molecule has 0 radical (unpaired) electrons. The Balaban J connectivity index is 1.62. The number of benzene rings is 2. The SMILES string of the molecule is CCOC(=O)C1CC2C=CC1N(Cc1ccccc1)C2Cc1ccccc1. The van der Waals surface area contributed by atoms with E-state index in [4.69, 9.17) is 4.74 Å². The number of carbonyl (C=O) groups excluding carboxylic acids is 1. The van der Waals surface area contributed by atoms with Crippen molar-refractivity contribution in [1.82, 2.24) is 4.90 Å². The molecule has 4 unspecified atom stereocenters. The van der Waals surface area contributed by atoms with Crippen molar-refractivity contribution in [2.45, 2.75) is 38.4 Å². The van der Waals surface area contributed by atoms with Crippen molar-refractivity contribution in [3.63, 3.8) is 0 Å². The van der Waals surface area contributed by atoms with Crippen molar-refractivity contribution in [1.29, 1.82) is 0 Å². The molecule has 2 heterocycles.